The first kappa shape index (κ1) is 21.1. The van der Waals surface area contributed by atoms with E-state index in [1.807, 2.05) is 19.1 Å². The molecule has 0 aliphatic carbocycles. The molecule has 1 aliphatic heterocycles. The van der Waals surface area contributed by atoms with E-state index in [1.165, 1.54) is 7.11 Å². The number of nitrogens with two attached hydrogens (primary N) is 1. The Morgan fingerprint density at radius 3 is 2.58 bits per heavy atom. The van der Waals surface area contributed by atoms with Crippen LogP contribution >= 0.6 is 11.8 Å². The van der Waals surface area contributed by atoms with E-state index in [0.717, 1.165) is 17.3 Å². The first-order chi connectivity index (χ1) is 12.2. The lowest BCUT2D eigenvalue weighted by Gasteiger charge is -2.45. The van der Waals surface area contributed by atoms with E-state index in [9.17, 15) is 20.1 Å². The van der Waals surface area contributed by atoms with E-state index in [1.54, 1.807) is 12.1 Å². The summed E-state index contributed by atoms with van der Waals surface area (Å²) in [4.78, 5) is 11.5. The predicted octanol–water partition coefficient (Wildman–Crippen LogP) is -0.852. The van der Waals surface area contributed by atoms with E-state index in [4.69, 9.17) is 20.3 Å². The normalized spacial score (nSPS) is 31.3. The van der Waals surface area contributed by atoms with Gasteiger partial charge in [0.25, 0.3) is 0 Å². The van der Waals surface area contributed by atoms with Crippen LogP contribution in [0, 0.1) is 6.92 Å². The molecule has 146 valence electrons. The van der Waals surface area contributed by atoms with Crippen LogP contribution in [-0.4, -0.2) is 75.5 Å². The van der Waals surface area contributed by atoms with Crippen molar-refractivity contribution in [1.29, 1.82) is 0 Å². The maximum absolute atomic E-state index is 12.5. The fourth-order valence-corrected chi connectivity index (χ4v) is 4.03. The van der Waals surface area contributed by atoms with Crippen molar-refractivity contribution in [2.24, 2.45) is 5.73 Å². The fraction of sp³-hybridized carbons (Fsp3) is 0.588. The second-order valence-corrected chi connectivity index (χ2v) is 7.67. The molecule has 8 nitrogen and oxygen atoms in total. The quantitative estimate of drug-likeness (QED) is 0.394. The van der Waals surface area contributed by atoms with Crippen molar-refractivity contribution in [3.05, 3.63) is 29.8 Å². The van der Waals surface area contributed by atoms with Crippen LogP contribution in [0.5, 0.6) is 0 Å². The van der Waals surface area contributed by atoms with Crippen molar-refractivity contribution in [1.82, 2.24) is 0 Å². The lowest BCUT2D eigenvalue weighted by molar-refractivity contribution is -0.203. The molecule has 1 saturated heterocycles. The Hall–Kier alpha value is -1.20. The number of aryl methyl sites for hydroxylation is 1. The summed E-state index contributed by atoms with van der Waals surface area (Å²) in [5.41, 5.74) is 6.94. The molecule has 1 fully saturated rings. The van der Waals surface area contributed by atoms with Crippen LogP contribution in [0.1, 0.15) is 12.0 Å². The molecule has 1 aliphatic rings. The molecule has 6 atom stereocenters. The minimum Gasteiger partial charge on any atom is -0.466 e. The lowest BCUT2D eigenvalue weighted by Crippen LogP contribution is -2.64. The molecule has 6 N–H and O–H groups in total. The van der Waals surface area contributed by atoms with Crippen molar-refractivity contribution in [3.63, 3.8) is 0 Å². The van der Waals surface area contributed by atoms with Gasteiger partial charge in [-0.3, -0.25) is 0 Å². The van der Waals surface area contributed by atoms with E-state index >= 15 is 0 Å². The Bertz CT molecular complexity index is 614. The summed E-state index contributed by atoms with van der Waals surface area (Å²) in [6, 6.07) is 6.26. The Balaban J connectivity index is 2.36. The van der Waals surface area contributed by atoms with Crippen molar-refractivity contribution in [2.45, 2.75) is 53.6 Å². The maximum atomic E-state index is 12.5. The van der Waals surface area contributed by atoms with Gasteiger partial charge in [0, 0.05) is 11.3 Å². The third kappa shape index (κ3) is 4.37. The summed E-state index contributed by atoms with van der Waals surface area (Å²) in [5.74, 6) is -0.746. The molecule has 0 amide bonds. The number of rotatable bonds is 6. The zero-order valence-corrected chi connectivity index (χ0v) is 15.4. The summed E-state index contributed by atoms with van der Waals surface area (Å²) < 4.78 is 10.7. The van der Waals surface area contributed by atoms with Crippen LogP contribution in [0.15, 0.2) is 29.2 Å². The van der Waals surface area contributed by atoms with Gasteiger partial charge in [-0.05, 0) is 19.1 Å². The molecule has 0 aromatic heterocycles. The van der Waals surface area contributed by atoms with Gasteiger partial charge in [-0.15, -0.1) is 0 Å². The monoisotopic (exact) mass is 387 g/mol. The predicted molar refractivity (Wildman–Crippen MR) is 94.4 cm³/mol. The van der Waals surface area contributed by atoms with Gasteiger partial charge in [-0.2, -0.15) is 0 Å². The summed E-state index contributed by atoms with van der Waals surface area (Å²) in [6.45, 7) is 1.20. The Morgan fingerprint density at radius 2 is 2.04 bits per heavy atom. The number of hydrogen-bond acceptors (Lipinski definition) is 9. The third-order valence-electron chi connectivity index (χ3n) is 4.35. The van der Waals surface area contributed by atoms with E-state index in [2.05, 4.69) is 0 Å². The highest BCUT2D eigenvalue weighted by Crippen LogP contribution is 2.44. The number of methoxy groups -OCH3 is 1. The van der Waals surface area contributed by atoms with Gasteiger partial charge >= 0.3 is 5.97 Å². The first-order valence-electron chi connectivity index (χ1n) is 8.16. The summed E-state index contributed by atoms with van der Waals surface area (Å²) >= 11 is 1.03. The molecule has 0 radical (unpaired) electrons. The molecule has 1 aromatic carbocycles. The smallest absolute Gasteiger partial charge is 0.349 e. The number of benzene rings is 1. The Labute approximate surface area is 155 Å². The summed E-state index contributed by atoms with van der Waals surface area (Å²) in [6.07, 6.45) is -5.74. The Kier molecular flexibility index (Phi) is 7.03. The number of hydrogen-bond donors (Lipinski definition) is 5. The van der Waals surface area contributed by atoms with Crippen LogP contribution in [0.3, 0.4) is 0 Å². The van der Waals surface area contributed by atoms with Crippen molar-refractivity contribution in [2.75, 3.05) is 13.7 Å². The lowest BCUT2D eigenvalue weighted by atomic mass is 9.90. The van der Waals surface area contributed by atoms with Crippen molar-refractivity contribution < 1.29 is 34.7 Å². The van der Waals surface area contributed by atoms with Crippen molar-refractivity contribution >= 4 is 17.7 Å². The molecule has 1 aromatic rings. The zero-order chi connectivity index (χ0) is 19.5. The zero-order valence-electron chi connectivity index (χ0n) is 14.6. The van der Waals surface area contributed by atoms with Gasteiger partial charge in [0.2, 0.25) is 4.93 Å². The third-order valence-corrected chi connectivity index (χ3v) is 5.61. The van der Waals surface area contributed by atoms with Crippen LogP contribution < -0.4 is 5.73 Å². The highest BCUT2D eigenvalue weighted by molar-refractivity contribution is 8.01. The van der Waals surface area contributed by atoms with Gasteiger partial charge in [-0.25, -0.2) is 4.79 Å². The number of carbonyl (C=O) groups excluding carboxylic acids is 1. The number of thioether (sulfide) groups is 1. The van der Waals surface area contributed by atoms with Crippen LogP contribution in [0.25, 0.3) is 0 Å². The van der Waals surface area contributed by atoms with Crippen LogP contribution in [0.2, 0.25) is 0 Å². The van der Waals surface area contributed by atoms with Gasteiger partial charge < -0.3 is 35.6 Å². The summed E-state index contributed by atoms with van der Waals surface area (Å²) in [5, 5.41) is 39.4. The number of aliphatic hydroxyl groups is 4. The second kappa shape index (κ2) is 8.66. The topological polar surface area (TPSA) is 142 Å². The fourth-order valence-electron chi connectivity index (χ4n) is 2.79. The number of aliphatic hydroxyl groups excluding tert-OH is 4. The molecule has 2 unspecified atom stereocenters. The highest BCUT2D eigenvalue weighted by Gasteiger charge is 2.54. The molecule has 26 heavy (non-hydrogen) atoms. The average Bonchev–Trinajstić information content (AvgIpc) is 2.64. The minimum atomic E-state index is -1.65. The maximum Gasteiger partial charge on any atom is 0.349 e. The van der Waals surface area contributed by atoms with Crippen LogP contribution in [0.4, 0.5) is 0 Å². The first-order valence-corrected chi connectivity index (χ1v) is 8.98. The molecule has 0 saturated carbocycles. The molecular formula is C17H25NO7S. The second-order valence-electron chi connectivity index (χ2n) is 6.33. The number of ether oxygens (including phenoxy) is 2. The molecule has 0 spiro atoms. The summed E-state index contributed by atoms with van der Waals surface area (Å²) in [7, 11) is 1.19. The highest BCUT2D eigenvalue weighted by atomic mass is 32.2. The standard InChI is InChI=1S/C17H25NO7S/c1-9-3-5-10(6-4-9)26-17(16(23)24-2)7-11(20)13(18)15(25-17)14(22)12(21)8-19/h3-6,11-15,19-22H,7-8,18H2,1-2H3/t11?,12-,13-,14-,15?,17+/m1/s1. The average molecular weight is 387 g/mol. The number of carbonyl (C=O) groups is 1. The molecule has 0 bridgehead atoms. The van der Waals surface area contributed by atoms with Gasteiger partial charge in [0.15, 0.2) is 0 Å². The van der Waals surface area contributed by atoms with Gasteiger partial charge in [0.05, 0.1) is 25.9 Å². The van der Waals surface area contributed by atoms with Gasteiger partial charge in [0.1, 0.15) is 18.3 Å². The number of esters is 1. The van der Waals surface area contributed by atoms with E-state index in [0.29, 0.717) is 4.90 Å². The minimum absolute atomic E-state index is 0.155. The van der Waals surface area contributed by atoms with Crippen molar-refractivity contribution in [3.8, 4) is 0 Å². The molecule has 9 heteroatoms. The van der Waals surface area contributed by atoms with E-state index < -0.39 is 48.0 Å². The largest absolute Gasteiger partial charge is 0.466 e. The molecule has 2 rings (SSSR count). The molecule has 1 heterocycles. The van der Waals surface area contributed by atoms with Crippen LogP contribution in [-0.2, 0) is 14.3 Å². The SMILES string of the molecule is COC(=O)[C@@]1(Sc2ccc(C)cc2)CC(O)[C@@H](N)C([C@H](O)[C@H](O)CO)O1. The van der Waals surface area contributed by atoms with Gasteiger partial charge in [-0.1, -0.05) is 29.5 Å². The molecular weight excluding hydrogens is 362 g/mol. The Morgan fingerprint density at radius 1 is 1.42 bits per heavy atom. The van der Waals surface area contributed by atoms with E-state index in [-0.39, 0.29) is 6.42 Å².